The Labute approximate surface area is 227 Å². The van der Waals surface area contributed by atoms with Crippen molar-refractivity contribution in [2.24, 2.45) is 7.05 Å². The molecule has 0 aliphatic carbocycles. The predicted octanol–water partition coefficient (Wildman–Crippen LogP) is 3.52. The second kappa shape index (κ2) is 11.0. The maximum Gasteiger partial charge on any atom is 0.227 e. The van der Waals surface area contributed by atoms with Crippen LogP contribution in [0.1, 0.15) is 61.1 Å². The van der Waals surface area contributed by atoms with E-state index in [0.29, 0.717) is 31.2 Å². The molecule has 5 rings (SSSR count). The monoisotopic (exact) mass is 529 g/mol. The number of anilines is 2. The van der Waals surface area contributed by atoms with E-state index in [4.69, 9.17) is 4.98 Å². The molecule has 11 heteroatoms. The number of hydrogen-bond acceptors (Lipinski definition) is 9. The minimum Gasteiger partial charge on any atom is -0.395 e. The van der Waals surface area contributed by atoms with Crippen LogP contribution in [0.4, 0.5) is 11.6 Å². The number of Topliss-reactive ketones (excluding diaryl/α,β-unsaturated/α-hetero) is 1. The van der Waals surface area contributed by atoms with Gasteiger partial charge in [-0.25, -0.2) is 14.6 Å². The van der Waals surface area contributed by atoms with Crippen molar-refractivity contribution in [2.75, 3.05) is 25.0 Å². The summed E-state index contributed by atoms with van der Waals surface area (Å²) in [6, 6.07) is 8.21. The van der Waals surface area contributed by atoms with Gasteiger partial charge in [0, 0.05) is 44.5 Å². The van der Waals surface area contributed by atoms with Crippen LogP contribution in [0.25, 0.3) is 11.3 Å². The summed E-state index contributed by atoms with van der Waals surface area (Å²) in [5.41, 5.74) is 5.02. The summed E-state index contributed by atoms with van der Waals surface area (Å²) in [4.78, 5) is 24.6. The normalized spacial score (nSPS) is 16.1. The van der Waals surface area contributed by atoms with Gasteiger partial charge in [0.1, 0.15) is 5.69 Å². The van der Waals surface area contributed by atoms with Gasteiger partial charge in [-0.2, -0.15) is 5.10 Å². The van der Waals surface area contributed by atoms with E-state index >= 15 is 0 Å². The Kier molecular flexibility index (Phi) is 7.53. The van der Waals surface area contributed by atoms with E-state index in [-0.39, 0.29) is 23.8 Å². The summed E-state index contributed by atoms with van der Waals surface area (Å²) in [6.45, 7) is 8.24. The second-order valence-corrected chi connectivity index (χ2v) is 11.0. The molecule has 0 saturated heterocycles. The van der Waals surface area contributed by atoms with Crippen molar-refractivity contribution >= 4 is 17.4 Å². The zero-order valence-electron chi connectivity index (χ0n) is 22.9. The number of nitrogens with zero attached hydrogens (tertiary/aromatic N) is 8. The molecule has 1 aliphatic rings. The first-order valence-electron chi connectivity index (χ1n) is 13.2. The number of β-amino-alcohol motifs (C(OH)–C–C–N with tert-alkyl or cyclic N) is 1. The number of aliphatic hydroxyl groups excluding tert-OH is 1. The number of rotatable bonds is 8. The third kappa shape index (κ3) is 6.21. The molecule has 1 aliphatic heterocycles. The molecule has 11 nitrogen and oxygen atoms in total. The van der Waals surface area contributed by atoms with Crippen molar-refractivity contribution < 1.29 is 9.90 Å². The number of hydrogen-bond donors (Lipinski definition) is 2. The van der Waals surface area contributed by atoms with E-state index in [1.54, 1.807) is 28.0 Å². The molecule has 4 aromatic rings. The molecule has 0 spiro atoms. The fraction of sp³-hybridized carbons (Fsp3) is 0.429. The fourth-order valence-electron chi connectivity index (χ4n) is 4.90. The number of fused-ring (bicyclic) bond motifs is 1. The zero-order valence-corrected chi connectivity index (χ0v) is 22.9. The minimum absolute atomic E-state index is 0.0111. The summed E-state index contributed by atoms with van der Waals surface area (Å²) in [7, 11) is 1.86. The SMILES string of the molecule is Cn1cc(Nc2nccc(-c3ccc4c(c3)CN(CCO)CCC4CC(=O)c3cn(C(C)(C)C)nn3)n2)cn1. The lowest BCUT2D eigenvalue weighted by atomic mass is 9.87. The number of nitrogens with one attached hydrogen (secondary N) is 1. The van der Waals surface area contributed by atoms with E-state index < -0.39 is 0 Å². The van der Waals surface area contributed by atoms with Gasteiger partial charge in [-0.1, -0.05) is 17.3 Å². The largest absolute Gasteiger partial charge is 0.395 e. The van der Waals surface area contributed by atoms with E-state index in [2.05, 4.69) is 48.8 Å². The summed E-state index contributed by atoms with van der Waals surface area (Å²) in [5.74, 6) is 0.519. The molecule has 0 radical (unpaired) electrons. The third-order valence-electron chi connectivity index (χ3n) is 7.00. The Morgan fingerprint density at radius 3 is 2.77 bits per heavy atom. The molecular formula is C28H35N9O2. The first-order valence-corrected chi connectivity index (χ1v) is 13.2. The summed E-state index contributed by atoms with van der Waals surface area (Å²) >= 11 is 0. The Balaban J connectivity index is 1.41. The number of carbonyl (C=O) groups excluding carboxylic acids is 1. The highest BCUT2D eigenvalue weighted by atomic mass is 16.3. The van der Waals surface area contributed by atoms with Gasteiger partial charge in [0.15, 0.2) is 5.78 Å². The molecule has 1 unspecified atom stereocenters. The van der Waals surface area contributed by atoms with E-state index in [1.165, 1.54) is 0 Å². The number of aryl methyl sites for hydroxylation is 1. The van der Waals surface area contributed by atoms with E-state index in [1.807, 2.05) is 40.1 Å². The highest BCUT2D eigenvalue weighted by molar-refractivity contribution is 5.94. The van der Waals surface area contributed by atoms with Crippen LogP contribution in [-0.2, 0) is 19.1 Å². The maximum absolute atomic E-state index is 13.3. The van der Waals surface area contributed by atoms with Crippen molar-refractivity contribution in [2.45, 2.75) is 51.6 Å². The average molecular weight is 530 g/mol. The minimum atomic E-state index is -0.240. The standard InChI is InChI=1S/C28H35N9O2/c1-28(2,3)37-18-25(33-34-37)26(39)14-19-8-10-36(11-12-38)16-21-13-20(5-6-23(19)21)24-7-9-29-27(32-24)31-22-15-30-35(4)17-22/h5-7,9,13,15,17-19,38H,8,10-12,14,16H2,1-4H3,(H,29,31,32). The molecular weight excluding hydrogens is 494 g/mol. The number of aliphatic hydroxyl groups is 1. The van der Waals surface area contributed by atoms with Crippen LogP contribution in [-0.4, -0.2) is 70.2 Å². The van der Waals surface area contributed by atoms with E-state index in [0.717, 1.165) is 41.0 Å². The number of carbonyl (C=O) groups is 1. The molecule has 0 fully saturated rings. The van der Waals surface area contributed by atoms with Crippen LogP contribution < -0.4 is 5.32 Å². The summed E-state index contributed by atoms with van der Waals surface area (Å²) in [6.07, 6.45) is 8.23. The summed E-state index contributed by atoms with van der Waals surface area (Å²) in [5, 5.41) is 25.3. The van der Waals surface area contributed by atoms with Gasteiger partial charge in [-0.15, -0.1) is 5.10 Å². The first kappa shape index (κ1) is 26.6. The lowest BCUT2D eigenvalue weighted by Crippen LogP contribution is -2.26. The molecule has 4 heterocycles. The van der Waals surface area contributed by atoms with Gasteiger partial charge >= 0.3 is 0 Å². The maximum atomic E-state index is 13.3. The Morgan fingerprint density at radius 2 is 2.05 bits per heavy atom. The Hall–Kier alpha value is -3.96. The molecule has 3 aromatic heterocycles. The lowest BCUT2D eigenvalue weighted by Gasteiger charge is -2.19. The topological polar surface area (TPSA) is 127 Å². The van der Waals surface area contributed by atoms with Crippen molar-refractivity contribution in [3.63, 3.8) is 0 Å². The molecule has 0 saturated carbocycles. The smallest absolute Gasteiger partial charge is 0.227 e. The fourth-order valence-corrected chi connectivity index (χ4v) is 4.90. The van der Waals surface area contributed by atoms with Gasteiger partial charge in [0.05, 0.1) is 35.9 Å². The van der Waals surface area contributed by atoms with Gasteiger partial charge in [-0.3, -0.25) is 14.4 Å². The van der Waals surface area contributed by atoms with Crippen LogP contribution in [0, 0.1) is 0 Å². The molecule has 1 aromatic carbocycles. The van der Waals surface area contributed by atoms with Crippen LogP contribution in [0.5, 0.6) is 0 Å². The van der Waals surface area contributed by atoms with Gasteiger partial charge in [-0.05, 0) is 62.9 Å². The van der Waals surface area contributed by atoms with Crippen LogP contribution >= 0.6 is 0 Å². The highest BCUT2D eigenvalue weighted by Crippen LogP contribution is 2.34. The van der Waals surface area contributed by atoms with Crippen LogP contribution in [0.2, 0.25) is 0 Å². The van der Waals surface area contributed by atoms with Gasteiger partial charge in [0.2, 0.25) is 5.95 Å². The average Bonchev–Trinajstić information content (AvgIpc) is 3.52. The molecule has 2 N–H and O–H groups in total. The highest BCUT2D eigenvalue weighted by Gasteiger charge is 2.27. The van der Waals surface area contributed by atoms with Crippen LogP contribution in [0.3, 0.4) is 0 Å². The quantitative estimate of drug-likeness (QED) is 0.330. The van der Waals surface area contributed by atoms with Crippen molar-refractivity contribution in [3.05, 3.63) is 65.9 Å². The van der Waals surface area contributed by atoms with Crippen molar-refractivity contribution in [3.8, 4) is 11.3 Å². The molecule has 0 amide bonds. The molecule has 204 valence electrons. The van der Waals surface area contributed by atoms with Crippen LogP contribution in [0.15, 0.2) is 49.1 Å². The lowest BCUT2D eigenvalue weighted by molar-refractivity contribution is 0.0965. The van der Waals surface area contributed by atoms with Gasteiger partial charge in [0.25, 0.3) is 0 Å². The number of benzene rings is 1. The summed E-state index contributed by atoms with van der Waals surface area (Å²) < 4.78 is 3.44. The molecule has 39 heavy (non-hydrogen) atoms. The Bertz CT molecular complexity index is 1450. The number of aromatic nitrogens is 7. The first-order chi connectivity index (χ1) is 18.7. The van der Waals surface area contributed by atoms with E-state index in [9.17, 15) is 9.90 Å². The zero-order chi connectivity index (χ0) is 27.6. The number of ketones is 1. The molecule has 0 bridgehead atoms. The van der Waals surface area contributed by atoms with Crippen molar-refractivity contribution in [1.29, 1.82) is 0 Å². The van der Waals surface area contributed by atoms with Gasteiger partial charge < -0.3 is 10.4 Å². The second-order valence-electron chi connectivity index (χ2n) is 11.0. The third-order valence-corrected chi connectivity index (χ3v) is 7.00. The van der Waals surface area contributed by atoms with Crippen molar-refractivity contribution in [1.82, 2.24) is 39.6 Å². The predicted molar refractivity (Wildman–Crippen MR) is 148 cm³/mol. The Morgan fingerprint density at radius 1 is 1.21 bits per heavy atom. The molecule has 1 atom stereocenters.